The molecule has 47 heavy (non-hydrogen) atoms. The van der Waals surface area contributed by atoms with Crippen molar-refractivity contribution in [2.45, 2.75) is 139 Å². The number of carboxylic acid groups (broad SMARTS) is 1. The van der Waals surface area contributed by atoms with Gasteiger partial charge in [0.05, 0.1) is 24.9 Å². The lowest BCUT2D eigenvalue weighted by atomic mass is 9.32. The van der Waals surface area contributed by atoms with Crippen molar-refractivity contribution in [3.63, 3.8) is 0 Å². The zero-order valence-electron chi connectivity index (χ0n) is 31.1. The van der Waals surface area contributed by atoms with Gasteiger partial charge in [-0.3, -0.25) is 14.4 Å². The molecule has 0 spiro atoms. The van der Waals surface area contributed by atoms with E-state index in [9.17, 15) is 19.5 Å². The number of methoxy groups -OCH3 is 1. The first kappa shape index (κ1) is 36.4. The van der Waals surface area contributed by atoms with Crippen LogP contribution in [0.4, 0.5) is 0 Å². The van der Waals surface area contributed by atoms with E-state index in [-0.39, 0.29) is 57.9 Å². The molecular formula is C40H65NO6. The molecular weight excluding hydrogens is 590 g/mol. The van der Waals surface area contributed by atoms with Gasteiger partial charge in [-0.15, -0.1) is 0 Å². The van der Waals surface area contributed by atoms with Gasteiger partial charge in [0.2, 0.25) is 5.91 Å². The molecule has 0 aromatic heterocycles. The third-order valence-corrected chi connectivity index (χ3v) is 15.6. The standard InChI is InChI=1S/C40H65NO6/c1-25(2)26-13-18-40(34(45)41-21-22-46-10)20-19-38(8)27(33(26)40)11-12-29-37(7)16-15-30(36(5,6)28(37)14-17-39(29,38)9)47-32(44)24-35(3,4)23-31(42)43/h26-30,33H,1,11-24H2,2-10H3,(H,41,45)(H,42,43)/t26-,27+,28?,29?,30-,33?,37-,38+,39+,40-/m0/s1. The largest absolute Gasteiger partial charge is 0.481 e. The van der Waals surface area contributed by atoms with Crippen LogP contribution in [0.15, 0.2) is 12.2 Å². The highest BCUT2D eigenvalue weighted by Gasteiger charge is 2.72. The summed E-state index contributed by atoms with van der Waals surface area (Å²) in [5, 5.41) is 12.6. The average molecular weight is 656 g/mol. The highest BCUT2D eigenvalue weighted by molar-refractivity contribution is 5.84. The van der Waals surface area contributed by atoms with E-state index in [0.717, 1.165) is 57.8 Å². The molecule has 1 amide bonds. The number of nitrogens with one attached hydrogen (secondary N) is 1. The van der Waals surface area contributed by atoms with Crippen LogP contribution in [0.25, 0.3) is 0 Å². The number of allylic oxidation sites excluding steroid dienone is 1. The van der Waals surface area contributed by atoms with Crippen LogP contribution >= 0.6 is 0 Å². The Labute approximate surface area is 284 Å². The van der Waals surface area contributed by atoms with Crippen LogP contribution in [0, 0.1) is 62.1 Å². The number of carbonyl (C=O) groups is 3. The summed E-state index contributed by atoms with van der Waals surface area (Å²) in [6, 6.07) is 0. The smallest absolute Gasteiger partial charge is 0.306 e. The summed E-state index contributed by atoms with van der Waals surface area (Å²) >= 11 is 0. The van der Waals surface area contributed by atoms with E-state index in [1.54, 1.807) is 7.11 Å². The monoisotopic (exact) mass is 655 g/mol. The average Bonchev–Trinajstić information content (AvgIpc) is 3.35. The van der Waals surface area contributed by atoms with Crippen molar-refractivity contribution in [2.75, 3.05) is 20.3 Å². The topological polar surface area (TPSA) is 102 Å². The minimum Gasteiger partial charge on any atom is -0.481 e. The summed E-state index contributed by atoms with van der Waals surface area (Å²) in [7, 11) is 1.69. The predicted octanol–water partition coefficient (Wildman–Crippen LogP) is 8.21. The van der Waals surface area contributed by atoms with Gasteiger partial charge in [-0.25, -0.2) is 0 Å². The molecule has 3 unspecified atom stereocenters. The molecule has 266 valence electrons. The van der Waals surface area contributed by atoms with Crippen LogP contribution in [-0.2, 0) is 23.9 Å². The number of amides is 1. The first-order chi connectivity index (χ1) is 21.8. The molecule has 0 heterocycles. The predicted molar refractivity (Wildman–Crippen MR) is 184 cm³/mol. The Balaban J connectivity index is 1.39. The van der Waals surface area contributed by atoms with Crippen LogP contribution in [0.1, 0.15) is 132 Å². The molecule has 10 atom stereocenters. The molecule has 0 aliphatic heterocycles. The lowest BCUT2D eigenvalue weighted by molar-refractivity contribution is -0.249. The Kier molecular flexibility index (Phi) is 9.65. The van der Waals surface area contributed by atoms with Gasteiger partial charge in [-0.1, -0.05) is 60.6 Å². The maximum Gasteiger partial charge on any atom is 0.306 e. The van der Waals surface area contributed by atoms with E-state index in [4.69, 9.17) is 9.47 Å². The number of hydrogen-bond acceptors (Lipinski definition) is 5. The third-order valence-electron chi connectivity index (χ3n) is 15.6. The number of esters is 1. The van der Waals surface area contributed by atoms with Gasteiger partial charge >= 0.3 is 11.9 Å². The summed E-state index contributed by atoms with van der Waals surface area (Å²) in [5.41, 5.74) is 0.586. The van der Waals surface area contributed by atoms with Crippen molar-refractivity contribution >= 4 is 17.8 Å². The molecule has 7 nitrogen and oxygen atoms in total. The van der Waals surface area contributed by atoms with Crippen molar-refractivity contribution < 1.29 is 29.0 Å². The normalized spacial score (nSPS) is 42.2. The van der Waals surface area contributed by atoms with E-state index in [2.05, 4.69) is 53.4 Å². The Morgan fingerprint density at radius 3 is 2.21 bits per heavy atom. The fourth-order valence-electron chi connectivity index (χ4n) is 13.2. The second-order valence-corrected chi connectivity index (χ2v) is 18.8. The van der Waals surface area contributed by atoms with Crippen molar-refractivity contribution in [3.8, 4) is 0 Å². The first-order valence-electron chi connectivity index (χ1n) is 18.6. The van der Waals surface area contributed by atoms with Gasteiger partial charge < -0.3 is 19.9 Å². The number of ether oxygens (including phenoxy) is 2. The number of aliphatic carboxylic acids is 1. The van der Waals surface area contributed by atoms with Crippen LogP contribution in [0.5, 0.6) is 0 Å². The van der Waals surface area contributed by atoms with Gasteiger partial charge in [-0.2, -0.15) is 0 Å². The van der Waals surface area contributed by atoms with E-state index < -0.39 is 11.4 Å². The molecule has 5 fully saturated rings. The summed E-state index contributed by atoms with van der Waals surface area (Å²) < 4.78 is 11.5. The number of carbonyl (C=O) groups excluding carboxylic acids is 2. The van der Waals surface area contributed by atoms with Crippen molar-refractivity contribution in [1.29, 1.82) is 0 Å². The molecule has 7 heteroatoms. The molecule has 0 aromatic rings. The minimum atomic E-state index is -0.887. The fraction of sp³-hybridized carbons (Fsp3) is 0.875. The van der Waals surface area contributed by atoms with Gasteiger partial charge in [-0.05, 0) is 122 Å². The van der Waals surface area contributed by atoms with Crippen molar-refractivity contribution in [3.05, 3.63) is 12.2 Å². The Morgan fingerprint density at radius 2 is 1.57 bits per heavy atom. The van der Waals surface area contributed by atoms with Crippen molar-refractivity contribution in [2.24, 2.45) is 62.1 Å². The summed E-state index contributed by atoms with van der Waals surface area (Å²) in [4.78, 5) is 38.6. The molecule has 2 N–H and O–H groups in total. The summed E-state index contributed by atoms with van der Waals surface area (Å²) in [6.07, 6.45) is 10.5. The zero-order valence-corrected chi connectivity index (χ0v) is 31.1. The Hall–Kier alpha value is -1.89. The second kappa shape index (κ2) is 12.5. The molecule has 5 rings (SSSR count). The Bertz CT molecular complexity index is 1260. The zero-order chi connectivity index (χ0) is 34.8. The van der Waals surface area contributed by atoms with Crippen molar-refractivity contribution in [1.82, 2.24) is 5.32 Å². The lowest BCUT2D eigenvalue weighted by Gasteiger charge is -2.72. The number of hydrogen-bond donors (Lipinski definition) is 2. The van der Waals surface area contributed by atoms with Crippen LogP contribution in [-0.4, -0.2) is 49.3 Å². The van der Waals surface area contributed by atoms with Gasteiger partial charge in [0.1, 0.15) is 6.10 Å². The molecule has 5 aliphatic rings. The lowest BCUT2D eigenvalue weighted by Crippen LogP contribution is -2.67. The van der Waals surface area contributed by atoms with E-state index in [0.29, 0.717) is 42.7 Å². The second-order valence-electron chi connectivity index (χ2n) is 18.8. The third kappa shape index (κ3) is 5.80. The molecule has 5 aliphatic carbocycles. The number of carboxylic acids is 1. The number of fused-ring (bicyclic) bond motifs is 7. The molecule has 0 radical (unpaired) electrons. The number of rotatable bonds is 10. The SMILES string of the molecule is C=C(C)[C@@H]1CC[C@]2(C(=O)NCCOC)CC[C@]3(C)[C@H](CCC4[C@@]5(C)CC[C@H](OC(=O)CC(C)(C)CC(=O)O)C(C)(C)C5CC[C@]43C)C12. The minimum absolute atomic E-state index is 0.0511. The first-order valence-corrected chi connectivity index (χ1v) is 18.6. The summed E-state index contributed by atoms with van der Waals surface area (Å²) in [5.74, 6) is 1.33. The van der Waals surface area contributed by atoms with Crippen LogP contribution < -0.4 is 5.32 Å². The quantitative estimate of drug-likeness (QED) is 0.140. The summed E-state index contributed by atoms with van der Waals surface area (Å²) in [6.45, 7) is 23.8. The van der Waals surface area contributed by atoms with E-state index in [1.165, 1.54) is 12.0 Å². The highest BCUT2D eigenvalue weighted by Crippen LogP contribution is 2.77. The van der Waals surface area contributed by atoms with Crippen LogP contribution in [0.2, 0.25) is 0 Å². The highest BCUT2D eigenvalue weighted by atomic mass is 16.5. The van der Waals surface area contributed by atoms with E-state index in [1.807, 2.05) is 13.8 Å². The van der Waals surface area contributed by atoms with Gasteiger partial charge in [0, 0.05) is 19.1 Å². The van der Waals surface area contributed by atoms with E-state index >= 15 is 0 Å². The maximum absolute atomic E-state index is 14.1. The molecule has 5 saturated carbocycles. The fourth-order valence-corrected chi connectivity index (χ4v) is 13.2. The molecule has 0 saturated heterocycles. The Morgan fingerprint density at radius 1 is 0.872 bits per heavy atom. The van der Waals surface area contributed by atoms with Crippen LogP contribution in [0.3, 0.4) is 0 Å². The maximum atomic E-state index is 14.1. The van der Waals surface area contributed by atoms with Gasteiger partial charge in [0.25, 0.3) is 0 Å². The molecule has 0 aromatic carbocycles. The van der Waals surface area contributed by atoms with Gasteiger partial charge in [0.15, 0.2) is 0 Å². The molecule has 0 bridgehead atoms.